The average Bonchev–Trinajstić information content (AvgIpc) is 2.85. The van der Waals surface area contributed by atoms with Crippen LogP contribution in [-0.4, -0.2) is 23.9 Å². The maximum absolute atomic E-state index is 12.0. The molecule has 2 rings (SSSR count). The predicted octanol–water partition coefficient (Wildman–Crippen LogP) is -2.33. The first-order chi connectivity index (χ1) is 8.31. The number of nitriles is 1. The summed E-state index contributed by atoms with van der Waals surface area (Å²) in [6, 6.07) is 7.79. The number of likely N-dealkylation sites (tertiary alicyclic amines) is 1. The van der Waals surface area contributed by atoms with Crippen molar-refractivity contribution >= 4 is 5.91 Å². The zero-order chi connectivity index (χ0) is 12.1. The molecule has 0 unspecified atom stereocenters. The van der Waals surface area contributed by atoms with Crippen LogP contribution in [0.5, 0.6) is 0 Å². The van der Waals surface area contributed by atoms with Gasteiger partial charge in [-0.1, -0.05) is 6.07 Å². The van der Waals surface area contributed by atoms with Crippen molar-refractivity contribution in [3.8, 4) is 6.07 Å². The van der Waals surface area contributed by atoms with Crippen molar-refractivity contribution in [1.82, 2.24) is 4.90 Å². The van der Waals surface area contributed by atoms with Crippen LogP contribution >= 0.6 is 0 Å². The molecule has 2 heterocycles. The minimum absolute atomic E-state index is 0. The van der Waals surface area contributed by atoms with Crippen LogP contribution in [0.15, 0.2) is 24.4 Å². The van der Waals surface area contributed by atoms with Gasteiger partial charge in [-0.25, -0.2) is 0 Å². The summed E-state index contributed by atoms with van der Waals surface area (Å²) in [6.07, 6.45) is 4.42. The monoisotopic (exact) mass is 309 g/mol. The zero-order valence-corrected chi connectivity index (χ0v) is 11.8. The molecule has 1 aliphatic rings. The van der Waals surface area contributed by atoms with E-state index in [1.165, 1.54) is 0 Å². The standard InChI is InChI=1S/C13H16N3O.BrH/c14-7-6-12-5-1-2-10-16(12)11-13(17)15-8-3-4-9-15;/h1-2,5,10H,3-4,6,8-9,11H2;1H/q+1;/p-1. The number of hydrogen-bond donors (Lipinski definition) is 0. The fourth-order valence-electron chi connectivity index (χ4n) is 2.12. The molecule has 4 nitrogen and oxygen atoms in total. The highest BCUT2D eigenvalue weighted by Crippen LogP contribution is 2.07. The van der Waals surface area contributed by atoms with Crippen LogP contribution in [0.2, 0.25) is 0 Å². The summed E-state index contributed by atoms with van der Waals surface area (Å²) in [7, 11) is 0. The van der Waals surface area contributed by atoms with Gasteiger partial charge in [0.05, 0.1) is 6.07 Å². The number of aromatic nitrogens is 1. The second-order valence-corrected chi connectivity index (χ2v) is 4.24. The topological polar surface area (TPSA) is 48.0 Å². The van der Waals surface area contributed by atoms with Crippen molar-refractivity contribution in [3.63, 3.8) is 0 Å². The fourth-order valence-corrected chi connectivity index (χ4v) is 2.12. The molecule has 0 atom stereocenters. The van der Waals surface area contributed by atoms with E-state index >= 15 is 0 Å². The van der Waals surface area contributed by atoms with Gasteiger partial charge in [0.15, 0.2) is 11.9 Å². The summed E-state index contributed by atoms with van der Waals surface area (Å²) in [5, 5.41) is 8.73. The molecule has 0 aromatic carbocycles. The van der Waals surface area contributed by atoms with Crippen LogP contribution in [-0.2, 0) is 17.8 Å². The fraction of sp³-hybridized carbons (Fsp3) is 0.462. The van der Waals surface area contributed by atoms with Gasteiger partial charge >= 0.3 is 0 Å². The smallest absolute Gasteiger partial charge is 0.288 e. The third-order valence-corrected chi connectivity index (χ3v) is 3.06. The molecule has 0 aliphatic carbocycles. The number of amides is 1. The average molecular weight is 310 g/mol. The molecule has 0 radical (unpaired) electrons. The number of hydrogen-bond acceptors (Lipinski definition) is 2. The van der Waals surface area contributed by atoms with E-state index in [9.17, 15) is 4.79 Å². The normalized spacial score (nSPS) is 13.8. The Hall–Kier alpha value is -1.41. The number of rotatable bonds is 3. The zero-order valence-electron chi connectivity index (χ0n) is 10.2. The van der Waals surface area contributed by atoms with Crippen LogP contribution in [0.1, 0.15) is 18.5 Å². The SMILES string of the molecule is N#CCc1cccc[n+]1CC(=O)N1CCCC1.[Br-]. The van der Waals surface area contributed by atoms with Gasteiger partial charge < -0.3 is 21.9 Å². The predicted molar refractivity (Wildman–Crippen MR) is 61.8 cm³/mol. The molecule has 0 spiro atoms. The summed E-state index contributed by atoms with van der Waals surface area (Å²) in [6.45, 7) is 2.09. The van der Waals surface area contributed by atoms with Crippen LogP contribution in [0.3, 0.4) is 0 Å². The Morgan fingerprint density at radius 1 is 1.39 bits per heavy atom. The third kappa shape index (κ3) is 3.54. The molecule has 1 aliphatic heterocycles. The summed E-state index contributed by atoms with van der Waals surface area (Å²) in [4.78, 5) is 13.9. The summed E-state index contributed by atoms with van der Waals surface area (Å²) in [5.41, 5.74) is 0.891. The first-order valence-corrected chi connectivity index (χ1v) is 5.93. The number of carbonyl (C=O) groups is 1. The Bertz CT molecular complexity index is 450. The van der Waals surface area contributed by atoms with Crippen molar-refractivity contribution < 1.29 is 26.3 Å². The van der Waals surface area contributed by atoms with Crippen LogP contribution in [0.4, 0.5) is 0 Å². The van der Waals surface area contributed by atoms with Crippen LogP contribution in [0.25, 0.3) is 0 Å². The van der Waals surface area contributed by atoms with Gasteiger partial charge in [-0.05, 0) is 12.8 Å². The molecular formula is C13H16BrN3O. The quantitative estimate of drug-likeness (QED) is 0.588. The third-order valence-electron chi connectivity index (χ3n) is 3.06. The first-order valence-electron chi connectivity index (χ1n) is 5.93. The van der Waals surface area contributed by atoms with Gasteiger partial charge in [-0.3, -0.25) is 4.79 Å². The second-order valence-electron chi connectivity index (χ2n) is 4.24. The lowest BCUT2D eigenvalue weighted by atomic mass is 10.2. The minimum atomic E-state index is 0. The number of halogens is 1. The molecule has 1 amide bonds. The summed E-state index contributed by atoms with van der Waals surface area (Å²) >= 11 is 0. The highest BCUT2D eigenvalue weighted by atomic mass is 79.9. The molecule has 5 heteroatoms. The van der Waals surface area contributed by atoms with E-state index < -0.39 is 0 Å². The van der Waals surface area contributed by atoms with Crippen molar-refractivity contribution in [2.24, 2.45) is 0 Å². The lowest BCUT2D eigenvalue weighted by molar-refractivity contribution is -0.692. The van der Waals surface area contributed by atoms with E-state index in [1.807, 2.05) is 33.9 Å². The Kier molecular flexibility index (Phi) is 5.79. The van der Waals surface area contributed by atoms with Gasteiger partial charge in [0.1, 0.15) is 6.42 Å². The maximum Gasteiger partial charge on any atom is 0.288 e. The molecule has 18 heavy (non-hydrogen) atoms. The molecule has 1 saturated heterocycles. The Balaban J connectivity index is 0.00000162. The van der Waals surface area contributed by atoms with Crippen molar-refractivity contribution in [2.75, 3.05) is 13.1 Å². The maximum atomic E-state index is 12.0. The van der Waals surface area contributed by atoms with E-state index in [0.29, 0.717) is 13.0 Å². The van der Waals surface area contributed by atoms with E-state index in [4.69, 9.17) is 5.26 Å². The molecular weight excluding hydrogens is 294 g/mol. The lowest BCUT2D eigenvalue weighted by Crippen LogP contribution is -3.00. The van der Waals surface area contributed by atoms with Gasteiger partial charge in [-0.15, -0.1) is 0 Å². The second kappa shape index (κ2) is 7.12. The molecule has 0 saturated carbocycles. The summed E-state index contributed by atoms with van der Waals surface area (Å²) in [5.74, 6) is 0.151. The first kappa shape index (κ1) is 14.7. The van der Waals surface area contributed by atoms with E-state index in [1.54, 1.807) is 0 Å². The number of pyridine rings is 1. The highest BCUT2D eigenvalue weighted by Gasteiger charge is 2.22. The van der Waals surface area contributed by atoms with E-state index in [2.05, 4.69) is 6.07 Å². The molecule has 0 bridgehead atoms. The minimum Gasteiger partial charge on any atom is -1.00 e. The Labute approximate surface area is 118 Å². The number of carbonyl (C=O) groups excluding carboxylic acids is 1. The largest absolute Gasteiger partial charge is 1.00 e. The van der Waals surface area contributed by atoms with E-state index in [0.717, 1.165) is 31.6 Å². The van der Waals surface area contributed by atoms with Crippen LogP contribution < -0.4 is 21.5 Å². The van der Waals surface area contributed by atoms with Crippen LogP contribution in [0, 0.1) is 11.3 Å². The van der Waals surface area contributed by atoms with Gasteiger partial charge in [0.25, 0.3) is 5.91 Å². The lowest BCUT2D eigenvalue weighted by Gasteiger charge is -2.13. The molecule has 1 aromatic heterocycles. The van der Waals surface area contributed by atoms with Gasteiger partial charge in [-0.2, -0.15) is 9.83 Å². The number of nitrogens with zero attached hydrogens (tertiary/aromatic N) is 3. The van der Waals surface area contributed by atoms with Crippen molar-refractivity contribution in [3.05, 3.63) is 30.1 Å². The summed E-state index contributed by atoms with van der Waals surface area (Å²) < 4.78 is 1.86. The molecule has 0 N–H and O–H groups in total. The van der Waals surface area contributed by atoms with Crippen molar-refractivity contribution in [1.29, 1.82) is 5.26 Å². The Morgan fingerprint density at radius 2 is 2.11 bits per heavy atom. The molecule has 96 valence electrons. The van der Waals surface area contributed by atoms with Gasteiger partial charge in [0, 0.05) is 25.2 Å². The van der Waals surface area contributed by atoms with E-state index in [-0.39, 0.29) is 22.9 Å². The Morgan fingerprint density at radius 3 is 2.78 bits per heavy atom. The van der Waals surface area contributed by atoms with Crippen molar-refractivity contribution in [2.45, 2.75) is 25.8 Å². The molecule has 1 aromatic rings. The van der Waals surface area contributed by atoms with Gasteiger partial charge in [0.2, 0.25) is 6.54 Å². The highest BCUT2D eigenvalue weighted by molar-refractivity contribution is 5.74. The molecule has 1 fully saturated rings.